The zero-order chi connectivity index (χ0) is 57.0. The largest absolute Gasteiger partial charge is 0.493 e. The first kappa shape index (κ1) is 61.5. The fourth-order valence-corrected chi connectivity index (χ4v) is 10.6. The Bertz CT molecular complexity index is 2560. The Balaban J connectivity index is 0.931. The predicted molar refractivity (Wildman–Crippen MR) is 309 cm³/mol. The summed E-state index contributed by atoms with van der Waals surface area (Å²) in [5.41, 5.74) is 5.38. The van der Waals surface area contributed by atoms with Gasteiger partial charge in [-0.05, 0) is 66.1 Å². The van der Waals surface area contributed by atoms with Gasteiger partial charge in [0, 0.05) is 102 Å². The van der Waals surface area contributed by atoms with Crippen molar-refractivity contribution < 1.29 is 61.8 Å². The first-order chi connectivity index (χ1) is 38.7. The summed E-state index contributed by atoms with van der Waals surface area (Å²) < 4.78 is 57.8. The number of amides is 3. The van der Waals surface area contributed by atoms with Gasteiger partial charge in [-0.25, -0.2) is 0 Å². The van der Waals surface area contributed by atoms with Gasteiger partial charge in [-0.15, -0.1) is 11.8 Å². The van der Waals surface area contributed by atoms with Crippen LogP contribution in [0.25, 0.3) is 0 Å². The van der Waals surface area contributed by atoms with E-state index in [1.54, 1.807) is 55.1 Å². The third-order valence-electron chi connectivity index (χ3n) is 14.0. The minimum absolute atomic E-state index is 0.0215. The van der Waals surface area contributed by atoms with Gasteiger partial charge in [0.2, 0.25) is 5.91 Å². The lowest BCUT2D eigenvalue weighted by atomic mass is 10.1. The average Bonchev–Trinajstić information content (AvgIpc) is 4.07. The molecule has 1 aromatic heterocycles. The number of fused-ring (bicyclic) bond motifs is 4. The number of carbonyl (C=O) groups is 3. The summed E-state index contributed by atoms with van der Waals surface area (Å²) in [5.74, 6) is 2.28. The van der Waals surface area contributed by atoms with Crippen LogP contribution < -0.4 is 23.7 Å². The van der Waals surface area contributed by atoms with Crippen LogP contribution in [0.3, 0.4) is 0 Å². The van der Waals surface area contributed by atoms with Crippen LogP contribution in [0.1, 0.15) is 79.1 Å². The van der Waals surface area contributed by atoms with Crippen molar-refractivity contribution in [2.45, 2.75) is 77.0 Å². The highest BCUT2D eigenvalue weighted by atomic mass is 32.2. The first-order valence-corrected chi connectivity index (χ1v) is 28.4. The lowest BCUT2D eigenvalue weighted by Gasteiger charge is -2.30. The third-order valence-corrected chi connectivity index (χ3v) is 15.3. The highest BCUT2D eigenvalue weighted by molar-refractivity contribution is 8.01. The van der Waals surface area contributed by atoms with Gasteiger partial charge in [-0.3, -0.25) is 29.4 Å². The summed E-state index contributed by atoms with van der Waals surface area (Å²) in [6.45, 7) is 16.2. The van der Waals surface area contributed by atoms with Gasteiger partial charge < -0.3 is 67.0 Å². The number of benzene rings is 2. The predicted octanol–water partition coefficient (Wildman–Crippen LogP) is 7.39. The number of pyridine rings is 1. The Kier molecular flexibility index (Phi) is 23.6. The van der Waals surface area contributed by atoms with Crippen molar-refractivity contribution in [2.75, 3.05) is 140 Å². The summed E-state index contributed by atoms with van der Waals surface area (Å²) >= 11 is 1.61. The van der Waals surface area contributed by atoms with E-state index in [-0.39, 0.29) is 47.8 Å². The number of likely N-dealkylation sites (N-methyl/N-ethyl adjacent to an activating group) is 2. The van der Waals surface area contributed by atoms with Crippen LogP contribution in [0, 0.1) is 0 Å². The lowest BCUT2D eigenvalue weighted by Crippen LogP contribution is -2.38. The number of allylic oxidation sites excluding steroid dienone is 2. The molecule has 4 aliphatic rings. The zero-order valence-corrected chi connectivity index (χ0v) is 48.9. The van der Waals surface area contributed by atoms with Crippen molar-refractivity contribution in [3.05, 3.63) is 82.2 Å². The number of nitrogens with zero attached hydrogens (tertiary/aromatic N) is 7. The molecule has 0 bridgehead atoms. The number of carbonyl (C=O) groups excluding carboxylic acids is 3. The van der Waals surface area contributed by atoms with Gasteiger partial charge in [0.1, 0.15) is 25.6 Å². The van der Waals surface area contributed by atoms with Crippen LogP contribution in [0.2, 0.25) is 0 Å². The Morgan fingerprint density at radius 3 is 1.64 bits per heavy atom. The molecule has 0 aliphatic carbocycles. The van der Waals surface area contributed by atoms with Crippen molar-refractivity contribution in [1.29, 1.82) is 0 Å². The minimum Gasteiger partial charge on any atom is -0.493 e. The molecule has 21 heteroatoms. The second-order valence-electron chi connectivity index (χ2n) is 20.5. The molecule has 2 fully saturated rings. The number of aromatic nitrogens is 1. The van der Waals surface area contributed by atoms with E-state index in [0.29, 0.717) is 167 Å². The van der Waals surface area contributed by atoms with Gasteiger partial charge >= 0.3 is 0 Å². The van der Waals surface area contributed by atoms with Crippen LogP contribution in [-0.4, -0.2) is 212 Å². The number of methoxy groups -OCH3 is 3. The topological polar surface area (TPSA) is 194 Å². The standard InChI is InChI=1S/C59H81N7O13S/c1-10-41-25-45-33-60-50-31-54(52(71-8)29-48(50)57(68)65(45)35-41)78-37-43-27-47(28-44(62-43)38-79-55-32-51-49(30-53(55)72-9)58(69)66-36-42(11-2)26-46(66)34-61-51)77-18-13-63(5)40-59(3,4)80-39-56(67)64(6)14-17-74-20-22-76-24-23-75-21-19-73-16-12-15-70-7/h10-11,27-34,45-46H,12-26,35-40H2,1-9H3. The summed E-state index contributed by atoms with van der Waals surface area (Å²) in [7, 11) is 8.58. The molecule has 436 valence electrons. The number of ether oxygens (including phenoxy) is 10. The van der Waals surface area contributed by atoms with Gasteiger partial charge in [0.25, 0.3) is 11.8 Å². The number of rotatable bonds is 33. The maximum Gasteiger partial charge on any atom is 0.257 e. The summed E-state index contributed by atoms with van der Waals surface area (Å²) in [6.07, 6.45) is 10.1. The minimum atomic E-state index is -0.241. The normalized spacial score (nSPS) is 17.6. The van der Waals surface area contributed by atoms with Crippen LogP contribution in [-0.2, 0) is 41.7 Å². The van der Waals surface area contributed by atoms with Crippen molar-refractivity contribution in [3.63, 3.8) is 0 Å². The average molecular weight is 1130 g/mol. The highest BCUT2D eigenvalue weighted by Gasteiger charge is 2.36. The molecule has 7 rings (SSSR count). The molecule has 20 nitrogen and oxygen atoms in total. The van der Waals surface area contributed by atoms with E-state index >= 15 is 0 Å². The Morgan fingerprint density at radius 1 is 0.650 bits per heavy atom. The van der Waals surface area contributed by atoms with Crippen molar-refractivity contribution in [2.24, 2.45) is 9.98 Å². The molecule has 2 unspecified atom stereocenters. The molecule has 2 atom stereocenters. The van der Waals surface area contributed by atoms with E-state index in [0.717, 1.165) is 19.3 Å². The first-order valence-electron chi connectivity index (χ1n) is 27.4. The highest BCUT2D eigenvalue weighted by Crippen LogP contribution is 2.41. The van der Waals surface area contributed by atoms with E-state index in [9.17, 15) is 14.4 Å². The molecule has 2 aromatic carbocycles. The fraction of sp³-hybridized carbons (Fsp3) is 0.559. The van der Waals surface area contributed by atoms with E-state index in [2.05, 4.69) is 30.9 Å². The monoisotopic (exact) mass is 1130 g/mol. The van der Waals surface area contributed by atoms with Crippen molar-refractivity contribution in [1.82, 2.24) is 24.6 Å². The van der Waals surface area contributed by atoms with Gasteiger partial charge in [-0.2, -0.15) is 0 Å². The maximum absolute atomic E-state index is 13.8. The Labute approximate surface area is 475 Å². The van der Waals surface area contributed by atoms with Crippen LogP contribution in [0.4, 0.5) is 11.4 Å². The molecule has 0 saturated carbocycles. The fourth-order valence-electron chi connectivity index (χ4n) is 9.54. The number of thioether (sulfide) groups is 1. The summed E-state index contributed by atoms with van der Waals surface area (Å²) in [6, 6.07) is 10.3. The van der Waals surface area contributed by atoms with Crippen molar-refractivity contribution >= 4 is 53.3 Å². The molecule has 2 saturated heterocycles. The molecule has 80 heavy (non-hydrogen) atoms. The Morgan fingerprint density at radius 2 is 1.15 bits per heavy atom. The summed E-state index contributed by atoms with van der Waals surface area (Å²) in [4.78, 5) is 62.6. The number of hydrogen-bond acceptors (Lipinski definition) is 18. The maximum atomic E-state index is 13.8. The van der Waals surface area contributed by atoms with E-state index in [4.69, 9.17) is 62.3 Å². The second-order valence-corrected chi connectivity index (χ2v) is 22.2. The molecule has 3 aromatic rings. The van der Waals surface area contributed by atoms with E-state index in [1.165, 1.54) is 25.4 Å². The van der Waals surface area contributed by atoms with Gasteiger partial charge in [0.15, 0.2) is 23.0 Å². The van der Waals surface area contributed by atoms with E-state index in [1.807, 2.05) is 55.3 Å². The quantitative estimate of drug-likeness (QED) is 0.0432. The SMILES string of the molecule is CC=C1CC2C=Nc3cc(OCc4cc(OCCN(C)CC(C)(C)SCC(=O)N(C)CCOCCOCCOCCOCCCOC)cc(COc5cc6c(cc5OC)C(=O)N5CC(=CC)CC5C=N6)n4)c(OC)cc3C(=O)N2C1. The van der Waals surface area contributed by atoms with Crippen LogP contribution in [0.15, 0.2) is 69.7 Å². The molecule has 0 N–H and O–H groups in total. The summed E-state index contributed by atoms with van der Waals surface area (Å²) in [5, 5.41) is 0. The molecule has 3 amide bonds. The third kappa shape index (κ3) is 17.5. The van der Waals surface area contributed by atoms with Gasteiger partial charge in [0.05, 0.1) is 112 Å². The lowest BCUT2D eigenvalue weighted by molar-refractivity contribution is -0.127. The molecule has 0 spiro atoms. The number of hydrogen-bond donors (Lipinski definition) is 0. The smallest absolute Gasteiger partial charge is 0.257 e. The molecular formula is C59H81N7O13S. The van der Waals surface area contributed by atoms with Crippen LogP contribution >= 0.6 is 11.8 Å². The Hall–Kier alpha value is -6.07. The molecule has 5 heterocycles. The molecule has 0 radical (unpaired) electrons. The number of aliphatic imine (C=N–C) groups is 2. The second kappa shape index (κ2) is 30.7. The zero-order valence-electron chi connectivity index (χ0n) is 48.1. The molecular weight excluding hydrogens is 1050 g/mol. The van der Waals surface area contributed by atoms with Crippen molar-refractivity contribution in [3.8, 4) is 28.7 Å². The molecule has 4 aliphatic heterocycles. The van der Waals surface area contributed by atoms with E-state index < -0.39 is 0 Å². The van der Waals surface area contributed by atoms with Crippen LogP contribution in [0.5, 0.6) is 28.7 Å². The van der Waals surface area contributed by atoms with Gasteiger partial charge in [-0.1, -0.05) is 23.3 Å².